The number of anilines is 1. The molecule has 1 amide bonds. The van der Waals surface area contributed by atoms with Crippen molar-refractivity contribution in [1.29, 1.82) is 0 Å². The molecule has 0 heterocycles. The number of benzene rings is 1. The summed E-state index contributed by atoms with van der Waals surface area (Å²) in [7, 11) is 1.58. The Kier molecular flexibility index (Phi) is 3.29. The summed E-state index contributed by atoms with van der Waals surface area (Å²) < 4.78 is 5.05. The van der Waals surface area contributed by atoms with Crippen LogP contribution in [0.2, 0.25) is 0 Å². The predicted molar refractivity (Wildman–Crippen MR) is 57.4 cm³/mol. The van der Waals surface area contributed by atoms with E-state index in [9.17, 15) is 4.79 Å². The van der Waals surface area contributed by atoms with Gasteiger partial charge in [0.1, 0.15) is 5.75 Å². The molecule has 0 bridgehead atoms. The lowest BCUT2D eigenvalue weighted by molar-refractivity contribution is -0.114. The van der Waals surface area contributed by atoms with Crippen molar-refractivity contribution in [2.45, 2.75) is 6.92 Å². The molecular formula is C11H13NO2. The highest BCUT2D eigenvalue weighted by molar-refractivity contribution is 5.91. The number of carbonyl (C=O) groups is 1. The monoisotopic (exact) mass is 191 g/mol. The van der Waals surface area contributed by atoms with Crippen molar-refractivity contribution in [2.75, 3.05) is 12.4 Å². The summed E-state index contributed by atoms with van der Waals surface area (Å²) in [6.45, 7) is 5.13. The van der Waals surface area contributed by atoms with E-state index in [0.29, 0.717) is 11.4 Å². The first-order valence-electron chi connectivity index (χ1n) is 4.25. The molecule has 0 unspecified atom stereocenters. The first kappa shape index (κ1) is 10.3. The molecule has 1 N–H and O–H groups in total. The normalized spacial score (nSPS) is 9.29. The molecular weight excluding hydrogens is 178 g/mol. The van der Waals surface area contributed by atoms with E-state index in [4.69, 9.17) is 4.74 Å². The number of carbonyl (C=O) groups excluding carboxylic acids is 1. The van der Waals surface area contributed by atoms with E-state index in [1.165, 1.54) is 6.92 Å². The van der Waals surface area contributed by atoms with Crippen molar-refractivity contribution in [1.82, 2.24) is 0 Å². The first-order valence-corrected chi connectivity index (χ1v) is 4.25. The third-order valence-electron chi connectivity index (χ3n) is 1.79. The SMILES string of the molecule is C=Cc1ccc(OC)cc1NC(C)=O. The summed E-state index contributed by atoms with van der Waals surface area (Å²) in [6.07, 6.45) is 1.69. The Hall–Kier alpha value is -1.77. The van der Waals surface area contributed by atoms with Crippen LogP contribution in [0.5, 0.6) is 5.75 Å². The highest BCUT2D eigenvalue weighted by Crippen LogP contribution is 2.23. The largest absolute Gasteiger partial charge is 0.497 e. The van der Waals surface area contributed by atoms with E-state index in [1.807, 2.05) is 12.1 Å². The van der Waals surface area contributed by atoms with Crippen LogP contribution in [0.4, 0.5) is 5.69 Å². The van der Waals surface area contributed by atoms with E-state index in [1.54, 1.807) is 19.3 Å². The van der Waals surface area contributed by atoms with Crippen molar-refractivity contribution in [3.63, 3.8) is 0 Å². The minimum absolute atomic E-state index is 0.110. The Morgan fingerprint density at radius 1 is 1.57 bits per heavy atom. The van der Waals surface area contributed by atoms with E-state index in [2.05, 4.69) is 11.9 Å². The van der Waals surface area contributed by atoms with E-state index in [-0.39, 0.29) is 5.91 Å². The maximum atomic E-state index is 10.9. The van der Waals surface area contributed by atoms with Gasteiger partial charge in [0.15, 0.2) is 0 Å². The van der Waals surface area contributed by atoms with Gasteiger partial charge >= 0.3 is 0 Å². The Labute approximate surface area is 83.4 Å². The van der Waals surface area contributed by atoms with Gasteiger partial charge in [0.05, 0.1) is 12.8 Å². The van der Waals surface area contributed by atoms with E-state index >= 15 is 0 Å². The highest BCUT2D eigenvalue weighted by Gasteiger charge is 2.02. The summed E-state index contributed by atoms with van der Waals surface area (Å²) >= 11 is 0. The van der Waals surface area contributed by atoms with Crippen molar-refractivity contribution < 1.29 is 9.53 Å². The number of hydrogen-bond acceptors (Lipinski definition) is 2. The van der Waals surface area contributed by atoms with Crippen LogP contribution >= 0.6 is 0 Å². The number of rotatable bonds is 3. The van der Waals surface area contributed by atoms with Gasteiger partial charge < -0.3 is 10.1 Å². The van der Waals surface area contributed by atoms with Crippen LogP contribution in [0.15, 0.2) is 24.8 Å². The molecule has 0 radical (unpaired) electrons. The zero-order valence-electron chi connectivity index (χ0n) is 8.33. The maximum Gasteiger partial charge on any atom is 0.221 e. The highest BCUT2D eigenvalue weighted by atomic mass is 16.5. The Bertz CT molecular complexity index is 358. The minimum atomic E-state index is -0.110. The van der Waals surface area contributed by atoms with Gasteiger partial charge in [0, 0.05) is 13.0 Å². The summed E-state index contributed by atoms with van der Waals surface area (Å²) in [6, 6.07) is 5.43. The Balaban J connectivity index is 3.07. The number of ether oxygens (including phenoxy) is 1. The van der Waals surface area contributed by atoms with Crippen LogP contribution in [0.3, 0.4) is 0 Å². The quantitative estimate of drug-likeness (QED) is 0.796. The van der Waals surface area contributed by atoms with Crippen LogP contribution in [0, 0.1) is 0 Å². The lowest BCUT2D eigenvalue weighted by atomic mass is 10.1. The molecule has 14 heavy (non-hydrogen) atoms. The fraction of sp³-hybridized carbons (Fsp3) is 0.182. The smallest absolute Gasteiger partial charge is 0.221 e. The Morgan fingerprint density at radius 2 is 2.29 bits per heavy atom. The molecule has 0 fully saturated rings. The average Bonchev–Trinajstić information content (AvgIpc) is 2.16. The minimum Gasteiger partial charge on any atom is -0.497 e. The molecule has 0 aliphatic rings. The van der Waals surface area contributed by atoms with E-state index < -0.39 is 0 Å². The molecule has 74 valence electrons. The molecule has 0 aromatic heterocycles. The molecule has 0 saturated carbocycles. The van der Waals surface area contributed by atoms with Crippen LogP contribution in [-0.4, -0.2) is 13.0 Å². The second kappa shape index (κ2) is 4.46. The van der Waals surface area contributed by atoms with Gasteiger partial charge in [-0.3, -0.25) is 4.79 Å². The van der Waals surface area contributed by atoms with Crippen LogP contribution in [0.25, 0.3) is 6.08 Å². The van der Waals surface area contributed by atoms with Crippen LogP contribution < -0.4 is 10.1 Å². The molecule has 0 aliphatic carbocycles. The summed E-state index contributed by atoms with van der Waals surface area (Å²) in [4.78, 5) is 10.9. The van der Waals surface area contributed by atoms with Crippen molar-refractivity contribution in [2.24, 2.45) is 0 Å². The molecule has 0 atom stereocenters. The third-order valence-corrected chi connectivity index (χ3v) is 1.79. The fourth-order valence-corrected chi connectivity index (χ4v) is 1.14. The number of nitrogens with one attached hydrogen (secondary N) is 1. The molecule has 0 spiro atoms. The molecule has 0 saturated heterocycles. The van der Waals surface area contributed by atoms with E-state index in [0.717, 1.165) is 5.56 Å². The first-order chi connectivity index (χ1) is 6.67. The van der Waals surface area contributed by atoms with Gasteiger partial charge in [0.25, 0.3) is 0 Å². The molecule has 1 rings (SSSR count). The Morgan fingerprint density at radius 3 is 2.79 bits per heavy atom. The lowest BCUT2D eigenvalue weighted by Gasteiger charge is -2.08. The average molecular weight is 191 g/mol. The lowest BCUT2D eigenvalue weighted by Crippen LogP contribution is -2.07. The molecule has 1 aromatic rings. The number of methoxy groups -OCH3 is 1. The summed E-state index contributed by atoms with van der Waals surface area (Å²) in [5, 5.41) is 2.71. The predicted octanol–water partition coefficient (Wildman–Crippen LogP) is 2.30. The fourth-order valence-electron chi connectivity index (χ4n) is 1.14. The zero-order valence-corrected chi connectivity index (χ0v) is 8.33. The van der Waals surface area contributed by atoms with Crippen molar-refractivity contribution in [3.05, 3.63) is 30.3 Å². The van der Waals surface area contributed by atoms with Gasteiger partial charge in [-0.15, -0.1) is 0 Å². The third kappa shape index (κ3) is 2.36. The van der Waals surface area contributed by atoms with Crippen LogP contribution in [0.1, 0.15) is 12.5 Å². The maximum absolute atomic E-state index is 10.9. The van der Waals surface area contributed by atoms with Crippen molar-refractivity contribution >= 4 is 17.7 Å². The standard InChI is InChI=1S/C11H13NO2/c1-4-9-5-6-10(14-3)7-11(9)12-8(2)13/h4-7H,1H2,2-3H3,(H,12,13). The molecule has 1 aromatic carbocycles. The number of hydrogen-bond donors (Lipinski definition) is 1. The second-order valence-electron chi connectivity index (χ2n) is 2.84. The molecule has 3 heteroatoms. The van der Waals surface area contributed by atoms with Gasteiger partial charge in [-0.05, 0) is 17.7 Å². The summed E-state index contributed by atoms with van der Waals surface area (Å²) in [5.74, 6) is 0.598. The van der Waals surface area contributed by atoms with Gasteiger partial charge in [-0.1, -0.05) is 12.7 Å². The zero-order chi connectivity index (χ0) is 10.6. The second-order valence-corrected chi connectivity index (χ2v) is 2.84. The molecule has 3 nitrogen and oxygen atoms in total. The number of amides is 1. The van der Waals surface area contributed by atoms with Gasteiger partial charge in [-0.2, -0.15) is 0 Å². The van der Waals surface area contributed by atoms with Gasteiger partial charge in [0.2, 0.25) is 5.91 Å². The molecule has 0 aliphatic heterocycles. The van der Waals surface area contributed by atoms with Crippen molar-refractivity contribution in [3.8, 4) is 5.75 Å². The van der Waals surface area contributed by atoms with Crippen LogP contribution in [-0.2, 0) is 4.79 Å². The summed E-state index contributed by atoms with van der Waals surface area (Å²) in [5.41, 5.74) is 1.59. The topological polar surface area (TPSA) is 38.3 Å². The van der Waals surface area contributed by atoms with Gasteiger partial charge in [-0.25, -0.2) is 0 Å².